The van der Waals surface area contributed by atoms with Crippen molar-refractivity contribution < 1.29 is 9.72 Å². The molecule has 0 aliphatic heterocycles. The van der Waals surface area contributed by atoms with Crippen LogP contribution in [0.3, 0.4) is 0 Å². The van der Waals surface area contributed by atoms with E-state index in [9.17, 15) is 14.9 Å². The maximum Gasteiger partial charge on any atom is 0.271 e. The lowest BCUT2D eigenvalue weighted by molar-refractivity contribution is -0.384. The normalized spacial score (nSPS) is 16.5. The molecule has 6 nitrogen and oxygen atoms in total. The summed E-state index contributed by atoms with van der Waals surface area (Å²) < 4.78 is 0. The molecular weight excluding hydrogens is 246 g/mol. The monoisotopic (exact) mass is 263 g/mol. The van der Waals surface area contributed by atoms with Gasteiger partial charge in [-0.05, 0) is 30.9 Å². The van der Waals surface area contributed by atoms with Gasteiger partial charge >= 0.3 is 0 Å². The number of rotatable bonds is 5. The predicted molar refractivity (Wildman–Crippen MR) is 71.7 cm³/mol. The van der Waals surface area contributed by atoms with E-state index < -0.39 is 4.92 Å². The Morgan fingerprint density at radius 1 is 1.47 bits per heavy atom. The van der Waals surface area contributed by atoms with Gasteiger partial charge in [0.15, 0.2) is 0 Å². The molecule has 102 valence electrons. The van der Waals surface area contributed by atoms with Gasteiger partial charge in [0.2, 0.25) is 5.91 Å². The molecular formula is C13H17N3O3. The van der Waals surface area contributed by atoms with Crippen LogP contribution in [0.2, 0.25) is 0 Å². The number of nitrogens with two attached hydrogens (primary N) is 1. The zero-order valence-electron chi connectivity index (χ0n) is 10.6. The molecule has 3 N–H and O–H groups in total. The maximum absolute atomic E-state index is 11.9. The standard InChI is InChI=1S/C13H17N3O3/c14-9-13(5-2-6-13)8-12(17)15-10-3-1-4-11(7-10)16(18)19/h1,3-4,7H,2,5-6,8-9,14H2,(H,15,17). The molecule has 1 fully saturated rings. The Morgan fingerprint density at radius 3 is 2.74 bits per heavy atom. The summed E-state index contributed by atoms with van der Waals surface area (Å²) in [6.45, 7) is 0.509. The lowest BCUT2D eigenvalue weighted by Crippen LogP contribution is -2.40. The summed E-state index contributed by atoms with van der Waals surface area (Å²) in [6, 6.07) is 5.94. The van der Waals surface area contributed by atoms with Crippen LogP contribution in [0, 0.1) is 15.5 Å². The molecule has 19 heavy (non-hydrogen) atoms. The second-order valence-electron chi connectivity index (χ2n) is 5.09. The van der Waals surface area contributed by atoms with Gasteiger partial charge in [-0.25, -0.2) is 0 Å². The highest BCUT2D eigenvalue weighted by molar-refractivity contribution is 5.91. The van der Waals surface area contributed by atoms with E-state index in [2.05, 4.69) is 5.32 Å². The quantitative estimate of drug-likeness (QED) is 0.627. The molecule has 0 radical (unpaired) electrons. The minimum atomic E-state index is -0.483. The van der Waals surface area contributed by atoms with Crippen molar-refractivity contribution in [2.45, 2.75) is 25.7 Å². The summed E-state index contributed by atoms with van der Waals surface area (Å²) >= 11 is 0. The molecule has 0 unspecified atom stereocenters. The molecule has 1 aliphatic rings. The van der Waals surface area contributed by atoms with Crippen LogP contribution in [0.1, 0.15) is 25.7 Å². The first-order valence-electron chi connectivity index (χ1n) is 6.29. The average molecular weight is 263 g/mol. The number of nitrogens with zero attached hydrogens (tertiary/aromatic N) is 1. The summed E-state index contributed by atoms with van der Waals surface area (Å²) in [5.41, 5.74) is 6.06. The molecule has 1 aliphatic carbocycles. The van der Waals surface area contributed by atoms with Gasteiger partial charge < -0.3 is 11.1 Å². The van der Waals surface area contributed by atoms with E-state index in [1.54, 1.807) is 12.1 Å². The fourth-order valence-electron chi connectivity index (χ4n) is 2.37. The fourth-order valence-corrected chi connectivity index (χ4v) is 2.37. The predicted octanol–water partition coefficient (Wildman–Crippen LogP) is 2.05. The van der Waals surface area contributed by atoms with Crippen LogP contribution in [0.4, 0.5) is 11.4 Å². The molecule has 0 saturated heterocycles. The molecule has 1 saturated carbocycles. The van der Waals surface area contributed by atoms with Gasteiger partial charge in [0.1, 0.15) is 0 Å². The number of hydrogen-bond donors (Lipinski definition) is 2. The van der Waals surface area contributed by atoms with Gasteiger partial charge in [-0.15, -0.1) is 0 Å². The van der Waals surface area contributed by atoms with Crippen molar-refractivity contribution in [1.82, 2.24) is 0 Å². The first-order valence-corrected chi connectivity index (χ1v) is 6.29. The third kappa shape index (κ3) is 3.08. The molecule has 6 heteroatoms. The first kappa shape index (κ1) is 13.5. The van der Waals surface area contributed by atoms with Crippen molar-refractivity contribution in [2.75, 3.05) is 11.9 Å². The van der Waals surface area contributed by atoms with E-state index in [4.69, 9.17) is 5.73 Å². The molecule has 0 bridgehead atoms. The fraction of sp³-hybridized carbons (Fsp3) is 0.462. The van der Waals surface area contributed by atoms with E-state index in [1.165, 1.54) is 12.1 Å². The Kier molecular flexibility index (Phi) is 3.80. The average Bonchev–Trinajstić information content (AvgIpc) is 2.34. The van der Waals surface area contributed by atoms with E-state index in [0.29, 0.717) is 18.7 Å². The zero-order valence-corrected chi connectivity index (χ0v) is 10.6. The number of hydrogen-bond acceptors (Lipinski definition) is 4. The van der Waals surface area contributed by atoms with E-state index in [-0.39, 0.29) is 17.0 Å². The number of nitro groups is 1. The Hall–Kier alpha value is -1.95. The third-order valence-corrected chi connectivity index (χ3v) is 3.72. The van der Waals surface area contributed by atoms with E-state index >= 15 is 0 Å². The summed E-state index contributed by atoms with van der Waals surface area (Å²) in [5.74, 6) is -0.134. The molecule has 2 rings (SSSR count). The lowest BCUT2D eigenvalue weighted by Gasteiger charge is -2.40. The van der Waals surface area contributed by atoms with Gasteiger partial charge in [-0.2, -0.15) is 0 Å². The molecule has 1 amide bonds. The van der Waals surface area contributed by atoms with Crippen LogP contribution in [0.25, 0.3) is 0 Å². The van der Waals surface area contributed by atoms with Crippen LogP contribution in [-0.4, -0.2) is 17.4 Å². The molecule has 0 heterocycles. The highest BCUT2D eigenvalue weighted by Gasteiger charge is 2.37. The molecule has 0 atom stereocenters. The number of carbonyl (C=O) groups is 1. The number of nitrogens with one attached hydrogen (secondary N) is 1. The number of amides is 1. The summed E-state index contributed by atoms with van der Waals surface area (Å²) in [4.78, 5) is 22.1. The van der Waals surface area contributed by atoms with Crippen molar-refractivity contribution in [3.8, 4) is 0 Å². The topological polar surface area (TPSA) is 98.3 Å². The van der Waals surface area contributed by atoms with Gasteiger partial charge in [-0.3, -0.25) is 14.9 Å². The Bertz CT molecular complexity index is 492. The van der Waals surface area contributed by atoms with Gasteiger partial charge in [0.05, 0.1) is 4.92 Å². The summed E-state index contributed by atoms with van der Waals surface area (Å²) in [6.07, 6.45) is 3.45. The van der Waals surface area contributed by atoms with E-state index in [1.807, 2.05) is 0 Å². The molecule has 1 aromatic rings. The SMILES string of the molecule is NCC1(CC(=O)Nc2cccc([N+](=O)[O-])c2)CCC1. The van der Waals surface area contributed by atoms with Gasteiger partial charge in [-0.1, -0.05) is 12.5 Å². The minimum absolute atomic E-state index is 0.0324. The Morgan fingerprint density at radius 2 is 2.21 bits per heavy atom. The van der Waals surface area contributed by atoms with Crippen molar-refractivity contribution in [2.24, 2.45) is 11.1 Å². The molecule has 0 spiro atoms. The second-order valence-corrected chi connectivity index (χ2v) is 5.09. The maximum atomic E-state index is 11.9. The minimum Gasteiger partial charge on any atom is -0.330 e. The largest absolute Gasteiger partial charge is 0.330 e. The van der Waals surface area contributed by atoms with Crippen LogP contribution in [0.5, 0.6) is 0 Å². The molecule has 1 aromatic carbocycles. The number of non-ortho nitro benzene ring substituents is 1. The van der Waals surface area contributed by atoms with Crippen LogP contribution in [0.15, 0.2) is 24.3 Å². The van der Waals surface area contributed by atoms with Crippen molar-refractivity contribution in [1.29, 1.82) is 0 Å². The third-order valence-electron chi connectivity index (χ3n) is 3.72. The highest BCUT2D eigenvalue weighted by atomic mass is 16.6. The van der Waals surface area contributed by atoms with Crippen molar-refractivity contribution in [3.63, 3.8) is 0 Å². The number of anilines is 1. The zero-order chi connectivity index (χ0) is 13.9. The molecule has 0 aromatic heterocycles. The first-order chi connectivity index (χ1) is 9.04. The van der Waals surface area contributed by atoms with Crippen molar-refractivity contribution >= 4 is 17.3 Å². The highest BCUT2D eigenvalue weighted by Crippen LogP contribution is 2.43. The number of nitro benzene ring substituents is 1. The Balaban J connectivity index is 1.99. The number of carbonyl (C=O) groups excluding carboxylic acids is 1. The number of benzene rings is 1. The Labute approximate surface area is 111 Å². The van der Waals surface area contributed by atoms with Gasteiger partial charge in [0.25, 0.3) is 5.69 Å². The lowest BCUT2D eigenvalue weighted by atomic mass is 9.66. The smallest absolute Gasteiger partial charge is 0.271 e. The summed E-state index contributed by atoms with van der Waals surface area (Å²) in [5, 5.41) is 13.3. The van der Waals surface area contributed by atoms with Crippen LogP contribution >= 0.6 is 0 Å². The van der Waals surface area contributed by atoms with E-state index in [0.717, 1.165) is 19.3 Å². The van der Waals surface area contributed by atoms with Crippen LogP contribution in [-0.2, 0) is 4.79 Å². The van der Waals surface area contributed by atoms with Crippen LogP contribution < -0.4 is 11.1 Å². The van der Waals surface area contributed by atoms with Crippen molar-refractivity contribution in [3.05, 3.63) is 34.4 Å². The van der Waals surface area contributed by atoms with Gasteiger partial charge in [0, 0.05) is 24.2 Å². The summed E-state index contributed by atoms with van der Waals surface area (Å²) in [7, 11) is 0. The second kappa shape index (κ2) is 5.36.